The molecule has 0 spiro atoms. The summed E-state index contributed by atoms with van der Waals surface area (Å²) in [4.78, 5) is 0. The number of hydrogen-bond donors (Lipinski definition) is 0. The average molecular weight is 398 g/mol. The summed E-state index contributed by atoms with van der Waals surface area (Å²) in [6.07, 6.45) is 0. The summed E-state index contributed by atoms with van der Waals surface area (Å²) in [6.45, 7) is 0. The van der Waals surface area contributed by atoms with Crippen molar-refractivity contribution in [2.75, 3.05) is 28.4 Å². The first-order valence-electron chi connectivity index (χ1n) is 9.74. The second-order valence-electron chi connectivity index (χ2n) is 7.28. The molecule has 5 aromatic carbocycles. The van der Waals surface area contributed by atoms with Crippen LogP contribution in [0.2, 0.25) is 0 Å². The van der Waals surface area contributed by atoms with Gasteiger partial charge in [-0.15, -0.1) is 0 Å². The third-order valence-corrected chi connectivity index (χ3v) is 5.72. The summed E-state index contributed by atoms with van der Waals surface area (Å²) in [6, 6.07) is 21.6. The van der Waals surface area contributed by atoms with E-state index in [-0.39, 0.29) is 0 Å². The summed E-state index contributed by atoms with van der Waals surface area (Å²) in [5.74, 6) is 2.31. The largest absolute Gasteiger partial charge is 0.492 e. The van der Waals surface area contributed by atoms with Crippen molar-refractivity contribution in [2.45, 2.75) is 0 Å². The van der Waals surface area contributed by atoms with Crippen LogP contribution in [-0.4, -0.2) is 28.4 Å². The van der Waals surface area contributed by atoms with Gasteiger partial charge in [-0.05, 0) is 68.7 Å². The summed E-state index contributed by atoms with van der Waals surface area (Å²) in [7, 11) is 6.48. The van der Waals surface area contributed by atoms with Gasteiger partial charge in [0.1, 0.15) is 0 Å². The molecule has 0 atom stereocenters. The fourth-order valence-electron chi connectivity index (χ4n) is 4.35. The Kier molecular flexibility index (Phi) is 4.28. The lowest BCUT2D eigenvalue weighted by atomic mass is 9.96. The van der Waals surface area contributed by atoms with Crippen LogP contribution in [0.5, 0.6) is 23.0 Å². The molecule has 0 aliphatic heterocycles. The first kappa shape index (κ1) is 18.4. The lowest BCUT2D eigenvalue weighted by Gasteiger charge is -2.19. The lowest BCUT2D eigenvalue weighted by Crippen LogP contribution is -1.99. The summed E-state index contributed by atoms with van der Waals surface area (Å²) < 4.78 is 22.7. The number of ether oxygens (including phenoxy) is 4. The number of methoxy groups -OCH3 is 4. The highest BCUT2D eigenvalue weighted by Gasteiger charge is 2.23. The normalized spacial score (nSPS) is 11.3. The molecule has 0 amide bonds. The van der Waals surface area contributed by atoms with E-state index in [4.69, 9.17) is 18.9 Å². The third kappa shape index (κ3) is 2.61. The van der Waals surface area contributed by atoms with Crippen molar-refractivity contribution in [1.29, 1.82) is 0 Å². The third-order valence-electron chi connectivity index (χ3n) is 5.72. The van der Waals surface area contributed by atoms with E-state index in [0.717, 1.165) is 21.5 Å². The van der Waals surface area contributed by atoms with Gasteiger partial charge in [0.2, 0.25) is 11.5 Å². The molecular formula is C26H22O4. The van der Waals surface area contributed by atoms with Crippen molar-refractivity contribution in [3.63, 3.8) is 0 Å². The average Bonchev–Trinajstić information content (AvgIpc) is 2.78. The van der Waals surface area contributed by atoms with Crippen molar-refractivity contribution < 1.29 is 18.9 Å². The molecule has 0 aliphatic rings. The summed E-state index contributed by atoms with van der Waals surface area (Å²) >= 11 is 0. The molecule has 0 saturated heterocycles. The minimum absolute atomic E-state index is 0.524. The standard InChI is InChI=1S/C26H22O4/c1-27-23-21-13-19-11-17-9-15-7-5-6-8-16(15)10-18(17)12-20(19)14-22(21)24(28-2)26(30-4)25(23)29-3/h5-14H,1-4H3. The number of hydrogen-bond acceptors (Lipinski definition) is 4. The van der Waals surface area contributed by atoms with Crippen LogP contribution < -0.4 is 18.9 Å². The minimum atomic E-state index is 0.524. The van der Waals surface area contributed by atoms with Crippen molar-refractivity contribution >= 4 is 43.1 Å². The van der Waals surface area contributed by atoms with Gasteiger partial charge in [0.15, 0.2) is 11.5 Å². The molecule has 4 nitrogen and oxygen atoms in total. The van der Waals surface area contributed by atoms with E-state index >= 15 is 0 Å². The maximum Gasteiger partial charge on any atom is 0.207 e. The van der Waals surface area contributed by atoms with Gasteiger partial charge in [-0.25, -0.2) is 0 Å². The van der Waals surface area contributed by atoms with E-state index in [9.17, 15) is 0 Å². The molecule has 150 valence electrons. The van der Waals surface area contributed by atoms with Crippen LogP contribution in [0.4, 0.5) is 0 Å². The van der Waals surface area contributed by atoms with Crippen LogP contribution in [0, 0.1) is 0 Å². The quantitative estimate of drug-likeness (QED) is 0.331. The second-order valence-corrected chi connectivity index (χ2v) is 7.28. The number of benzene rings is 5. The smallest absolute Gasteiger partial charge is 0.207 e. The van der Waals surface area contributed by atoms with Crippen molar-refractivity contribution in [2.24, 2.45) is 0 Å². The molecule has 5 aromatic rings. The molecule has 30 heavy (non-hydrogen) atoms. The first-order chi connectivity index (χ1) is 14.7. The Morgan fingerprint density at radius 3 is 1.10 bits per heavy atom. The van der Waals surface area contributed by atoms with Gasteiger partial charge in [-0.3, -0.25) is 0 Å². The molecule has 5 rings (SSSR count). The SMILES string of the molecule is COc1c(OC)c(OC)c2cc3cc4cc5ccccc5cc4cc3cc2c1OC. The molecule has 0 fully saturated rings. The topological polar surface area (TPSA) is 36.9 Å². The fourth-order valence-corrected chi connectivity index (χ4v) is 4.35. The maximum atomic E-state index is 5.73. The zero-order valence-corrected chi connectivity index (χ0v) is 17.4. The zero-order chi connectivity index (χ0) is 20.8. The molecule has 0 unspecified atom stereocenters. The predicted molar refractivity (Wildman–Crippen MR) is 123 cm³/mol. The van der Waals surface area contributed by atoms with Gasteiger partial charge in [0, 0.05) is 10.8 Å². The highest BCUT2D eigenvalue weighted by Crippen LogP contribution is 2.51. The molecule has 0 bridgehead atoms. The highest BCUT2D eigenvalue weighted by atomic mass is 16.5. The molecule has 0 N–H and O–H groups in total. The Labute approximate surface area is 174 Å². The van der Waals surface area contributed by atoms with E-state index < -0.39 is 0 Å². The molecular weight excluding hydrogens is 376 g/mol. The summed E-state index contributed by atoms with van der Waals surface area (Å²) in [5.41, 5.74) is 0. The molecule has 0 heterocycles. The van der Waals surface area contributed by atoms with E-state index in [0.29, 0.717) is 23.0 Å². The van der Waals surface area contributed by atoms with E-state index in [1.807, 2.05) is 0 Å². The van der Waals surface area contributed by atoms with Gasteiger partial charge < -0.3 is 18.9 Å². The molecule has 0 saturated carbocycles. The highest BCUT2D eigenvalue weighted by molar-refractivity contribution is 6.11. The van der Waals surface area contributed by atoms with Gasteiger partial charge in [-0.2, -0.15) is 0 Å². The molecule has 0 radical (unpaired) electrons. The predicted octanol–water partition coefficient (Wildman–Crippen LogP) is 6.33. The molecule has 0 aromatic heterocycles. The Morgan fingerprint density at radius 2 is 0.733 bits per heavy atom. The Bertz CT molecular complexity index is 1330. The lowest BCUT2D eigenvalue weighted by molar-refractivity contribution is 0.309. The number of rotatable bonds is 4. The van der Waals surface area contributed by atoms with Gasteiger partial charge in [0.25, 0.3) is 0 Å². The fraction of sp³-hybridized carbons (Fsp3) is 0.154. The van der Waals surface area contributed by atoms with Crippen molar-refractivity contribution in [3.8, 4) is 23.0 Å². The number of fused-ring (bicyclic) bond motifs is 4. The Hall–Kier alpha value is -3.66. The van der Waals surface area contributed by atoms with Crippen LogP contribution in [0.3, 0.4) is 0 Å². The summed E-state index contributed by atoms with van der Waals surface area (Å²) in [5, 5.41) is 8.94. The van der Waals surface area contributed by atoms with Crippen LogP contribution in [-0.2, 0) is 0 Å². The van der Waals surface area contributed by atoms with E-state index in [2.05, 4.69) is 60.7 Å². The van der Waals surface area contributed by atoms with Gasteiger partial charge >= 0.3 is 0 Å². The van der Waals surface area contributed by atoms with Gasteiger partial charge in [-0.1, -0.05) is 24.3 Å². The monoisotopic (exact) mass is 398 g/mol. The van der Waals surface area contributed by atoms with E-state index in [1.165, 1.54) is 21.5 Å². The van der Waals surface area contributed by atoms with Crippen LogP contribution in [0.25, 0.3) is 43.1 Å². The van der Waals surface area contributed by atoms with E-state index in [1.54, 1.807) is 28.4 Å². The van der Waals surface area contributed by atoms with Crippen LogP contribution >= 0.6 is 0 Å². The van der Waals surface area contributed by atoms with Crippen molar-refractivity contribution in [3.05, 3.63) is 60.7 Å². The van der Waals surface area contributed by atoms with Crippen LogP contribution in [0.15, 0.2) is 60.7 Å². The Balaban J connectivity index is 1.91. The van der Waals surface area contributed by atoms with Crippen molar-refractivity contribution in [1.82, 2.24) is 0 Å². The minimum Gasteiger partial charge on any atom is -0.492 e. The van der Waals surface area contributed by atoms with Gasteiger partial charge in [0.05, 0.1) is 28.4 Å². The zero-order valence-electron chi connectivity index (χ0n) is 17.4. The maximum absolute atomic E-state index is 5.73. The van der Waals surface area contributed by atoms with Crippen LogP contribution in [0.1, 0.15) is 0 Å². The molecule has 0 aliphatic carbocycles. The second kappa shape index (κ2) is 6.99. The Morgan fingerprint density at radius 1 is 0.400 bits per heavy atom. The first-order valence-corrected chi connectivity index (χ1v) is 9.74. The molecule has 4 heteroatoms.